The molecule has 0 unspecified atom stereocenters. The Balaban J connectivity index is 2.78. The number of benzene rings is 1. The highest BCUT2D eigenvalue weighted by atomic mass is 19.2. The number of amides is 1. The molecule has 1 aromatic carbocycles. The van der Waals surface area contributed by atoms with Crippen LogP contribution in [0.4, 0.5) is 13.2 Å². The van der Waals surface area contributed by atoms with Crippen molar-refractivity contribution in [3.05, 3.63) is 35.1 Å². The van der Waals surface area contributed by atoms with Gasteiger partial charge in [0.15, 0.2) is 17.5 Å². The number of carbonyl (C=O) groups is 1. The number of rotatable bonds is 2. The Bertz CT molecular complexity index is 438. The van der Waals surface area contributed by atoms with Crippen molar-refractivity contribution in [3.63, 3.8) is 0 Å². The molecule has 1 N–H and O–H groups in total. The molecule has 0 atom stereocenters. The van der Waals surface area contributed by atoms with E-state index in [0.717, 1.165) is 12.1 Å². The second-order valence-electron chi connectivity index (χ2n) is 4.77. The molecule has 0 radical (unpaired) electrons. The zero-order valence-corrected chi connectivity index (χ0v) is 9.90. The van der Waals surface area contributed by atoms with Gasteiger partial charge >= 0.3 is 0 Å². The second-order valence-corrected chi connectivity index (χ2v) is 4.77. The Morgan fingerprint density at radius 2 is 1.76 bits per heavy atom. The third-order valence-corrected chi connectivity index (χ3v) is 2.24. The van der Waals surface area contributed by atoms with Crippen LogP contribution < -0.4 is 5.32 Å². The fourth-order valence-corrected chi connectivity index (χ4v) is 1.14. The van der Waals surface area contributed by atoms with Crippen molar-refractivity contribution in [1.29, 1.82) is 0 Å². The number of carbonyl (C=O) groups excluding carboxylic acids is 1. The van der Waals surface area contributed by atoms with E-state index in [-0.39, 0.29) is 18.0 Å². The van der Waals surface area contributed by atoms with E-state index in [0.29, 0.717) is 0 Å². The lowest BCUT2D eigenvalue weighted by atomic mass is 9.95. The predicted molar refractivity (Wildman–Crippen MR) is 57.6 cm³/mol. The standard InChI is InChI=1S/C12H14F3NO/c1-12(2,3)11(17)16-6-7-4-5-8(13)10(15)9(7)14/h4-5H,6H2,1-3H3,(H,16,17). The summed E-state index contributed by atoms with van der Waals surface area (Å²) in [7, 11) is 0. The molecule has 0 fully saturated rings. The van der Waals surface area contributed by atoms with Crippen LogP contribution in [0.15, 0.2) is 12.1 Å². The van der Waals surface area contributed by atoms with Gasteiger partial charge in [-0.25, -0.2) is 13.2 Å². The van der Waals surface area contributed by atoms with Gasteiger partial charge in [-0.15, -0.1) is 0 Å². The topological polar surface area (TPSA) is 29.1 Å². The van der Waals surface area contributed by atoms with Gasteiger partial charge in [-0.3, -0.25) is 4.79 Å². The maximum absolute atomic E-state index is 13.2. The summed E-state index contributed by atoms with van der Waals surface area (Å²) in [5.41, 5.74) is -0.698. The first-order valence-corrected chi connectivity index (χ1v) is 5.14. The highest BCUT2D eigenvalue weighted by molar-refractivity contribution is 5.81. The van der Waals surface area contributed by atoms with Crippen LogP contribution in [0, 0.1) is 22.9 Å². The fraction of sp³-hybridized carbons (Fsp3) is 0.417. The van der Waals surface area contributed by atoms with Crippen LogP contribution >= 0.6 is 0 Å². The summed E-state index contributed by atoms with van der Waals surface area (Å²) < 4.78 is 38.8. The number of hydrogen-bond acceptors (Lipinski definition) is 1. The monoisotopic (exact) mass is 245 g/mol. The van der Waals surface area contributed by atoms with E-state index in [1.54, 1.807) is 20.8 Å². The molecule has 0 spiro atoms. The van der Waals surface area contributed by atoms with E-state index >= 15 is 0 Å². The van der Waals surface area contributed by atoms with Gasteiger partial charge in [-0.2, -0.15) is 0 Å². The van der Waals surface area contributed by atoms with Gasteiger partial charge in [0.2, 0.25) is 5.91 Å². The van der Waals surface area contributed by atoms with Crippen molar-refractivity contribution in [2.45, 2.75) is 27.3 Å². The molecular weight excluding hydrogens is 231 g/mol. The minimum Gasteiger partial charge on any atom is -0.351 e. The second kappa shape index (κ2) is 4.77. The average molecular weight is 245 g/mol. The maximum atomic E-state index is 13.2. The normalized spacial score (nSPS) is 11.4. The fourth-order valence-electron chi connectivity index (χ4n) is 1.14. The summed E-state index contributed by atoms with van der Waals surface area (Å²) in [6.07, 6.45) is 0. The first-order valence-electron chi connectivity index (χ1n) is 5.14. The molecule has 0 aliphatic heterocycles. The molecule has 94 valence electrons. The summed E-state index contributed by atoms with van der Waals surface area (Å²) in [6.45, 7) is 4.93. The zero-order valence-electron chi connectivity index (χ0n) is 9.90. The third-order valence-electron chi connectivity index (χ3n) is 2.24. The van der Waals surface area contributed by atoms with Gasteiger partial charge in [-0.05, 0) is 6.07 Å². The van der Waals surface area contributed by atoms with E-state index < -0.39 is 22.9 Å². The molecule has 1 aromatic rings. The highest BCUT2D eigenvalue weighted by Crippen LogP contribution is 2.16. The first kappa shape index (κ1) is 13.5. The highest BCUT2D eigenvalue weighted by Gasteiger charge is 2.21. The smallest absolute Gasteiger partial charge is 0.225 e. The Hall–Kier alpha value is -1.52. The summed E-state index contributed by atoms with van der Waals surface area (Å²) >= 11 is 0. The van der Waals surface area contributed by atoms with Crippen LogP contribution in [0.25, 0.3) is 0 Å². The Labute approximate surface area is 97.8 Å². The van der Waals surface area contributed by atoms with Crippen molar-refractivity contribution >= 4 is 5.91 Å². The lowest BCUT2D eigenvalue weighted by molar-refractivity contribution is -0.128. The number of halogens is 3. The molecule has 0 aliphatic rings. The Morgan fingerprint density at radius 3 is 2.29 bits per heavy atom. The molecule has 2 nitrogen and oxygen atoms in total. The Kier molecular flexibility index (Phi) is 3.80. The Morgan fingerprint density at radius 1 is 1.18 bits per heavy atom. The van der Waals surface area contributed by atoms with Gasteiger partial charge < -0.3 is 5.32 Å². The molecule has 0 bridgehead atoms. The summed E-state index contributed by atoms with van der Waals surface area (Å²) in [5.74, 6) is -4.32. The molecule has 5 heteroatoms. The molecule has 0 saturated carbocycles. The number of nitrogens with one attached hydrogen (secondary N) is 1. The van der Waals surface area contributed by atoms with Crippen LogP contribution in [0.1, 0.15) is 26.3 Å². The molecule has 0 saturated heterocycles. The molecule has 1 rings (SSSR count). The molecule has 0 aromatic heterocycles. The maximum Gasteiger partial charge on any atom is 0.225 e. The lowest BCUT2D eigenvalue weighted by Crippen LogP contribution is -2.34. The first-order chi connectivity index (χ1) is 7.73. The zero-order chi connectivity index (χ0) is 13.2. The average Bonchev–Trinajstić information content (AvgIpc) is 2.23. The predicted octanol–water partition coefficient (Wildman–Crippen LogP) is 2.77. The lowest BCUT2D eigenvalue weighted by Gasteiger charge is -2.17. The summed E-state index contributed by atoms with van der Waals surface area (Å²) in [4.78, 5) is 11.5. The summed E-state index contributed by atoms with van der Waals surface area (Å²) in [6, 6.07) is 1.94. The van der Waals surface area contributed by atoms with Crippen molar-refractivity contribution < 1.29 is 18.0 Å². The molecule has 0 aliphatic carbocycles. The van der Waals surface area contributed by atoms with Gasteiger partial charge in [0.05, 0.1) is 0 Å². The van der Waals surface area contributed by atoms with Crippen molar-refractivity contribution in [1.82, 2.24) is 5.32 Å². The van der Waals surface area contributed by atoms with Gasteiger partial charge in [0.1, 0.15) is 0 Å². The molecular formula is C12H14F3NO. The largest absolute Gasteiger partial charge is 0.351 e. The number of hydrogen-bond donors (Lipinski definition) is 1. The van der Waals surface area contributed by atoms with E-state index in [1.165, 1.54) is 0 Å². The van der Waals surface area contributed by atoms with E-state index in [9.17, 15) is 18.0 Å². The van der Waals surface area contributed by atoms with Crippen molar-refractivity contribution in [2.75, 3.05) is 0 Å². The third kappa shape index (κ3) is 3.22. The van der Waals surface area contributed by atoms with E-state index in [4.69, 9.17) is 0 Å². The van der Waals surface area contributed by atoms with Crippen LogP contribution in [0.2, 0.25) is 0 Å². The van der Waals surface area contributed by atoms with Crippen LogP contribution in [-0.4, -0.2) is 5.91 Å². The quantitative estimate of drug-likeness (QED) is 0.797. The van der Waals surface area contributed by atoms with Crippen LogP contribution in [-0.2, 0) is 11.3 Å². The SMILES string of the molecule is CC(C)(C)C(=O)NCc1ccc(F)c(F)c1F. The van der Waals surface area contributed by atoms with Gasteiger partial charge in [0, 0.05) is 17.5 Å². The van der Waals surface area contributed by atoms with E-state index in [1.807, 2.05) is 0 Å². The van der Waals surface area contributed by atoms with Crippen molar-refractivity contribution in [3.8, 4) is 0 Å². The van der Waals surface area contributed by atoms with Gasteiger partial charge in [0.25, 0.3) is 0 Å². The van der Waals surface area contributed by atoms with Crippen LogP contribution in [0.3, 0.4) is 0 Å². The van der Waals surface area contributed by atoms with E-state index in [2.05, 4.69) is 5.32 Å². The van der Waals surface area contributed by atoms with Crippen LogP contribution in [0.5, 0.6) is 0 Å². The van der Waals surface area contributed by atoms with Gasteiger partial charge in [-0.1, -0.05) is 26.8 Å². The summed E-state index contributed by atoms with van der Waals surface area (Å²) in [5, 5.41) is 2.46. The minimum atomic E-state index is -1.52. The van der Waals surface area contributed by atoms with Crippen molar-refractivity contribution in [2.24, 2.45) is 5.41 Å². The molecule has 0 heterocycles. The minimum absolute atomic E-state index is 0.0819. The molecule has 1 amide bonds. The molecule has 17 heavy (non-hydrogen) atoms.